The van der Waals surface area contributed by atoms with Crippen molar-refractivity contribution in [2.45, 2.75) is 0 Å². The summed E-state index contributed by atoms with van der Waals surface area (Å²) >= 11 is 0. The number of benzene rings is 2. The molecular formula is C16H10F2O3. The molecule has 106 valence electrons. The number of fused-ring (bicyclic) bond motifs is 1. The van der Waals surface area contributed by atoms with Gasteiger partial charge in [-0.15, -0.1) is 0 Å². The normalized spacial score (nSPS) is 10.8. The maximum absolute atomic E-state index is 13.4. The molecule has 0 aliphatic carbocycles. The van der Waals surface area contributed by atoms with Crippen molar-refractivity contribution in [3.05, 3.63) is 65.9 Å². The fraction of sp³-hybridized carbons (Fsp3) is 0.0625. The molecule has 0 aliphatic rings. The molecule has 3 aromatic rings. The molecule has 0 atom stereocenters. The number of para-hydroxylation sites is 1. The highest BCUT2D eigenvalue weighted by atomic mass is 19.2. The first-order valence-electron chi connectivity index (χ1n) is 6.24. The number of hydrogen-bond donors (Lipinski definition) is 0. The van der Waals surface area contributed by atoms with Crippen molar-refractivity contribution in [2.24, 2.45) is 0 Å². The monoisotopic (exact) mass is 288 g/mol. The van der Waals surface area contributed by atoms with Gasteiger partial charge in [0.05, 0.1) is 0 Å². The van der Waals surface area contributed by atoms with Gasteiger partial charge in [0.25, 0.3) is 0 Å². The molecule has 1 aromatic heterocycles. The lowest BCUT2D eigenvalue weighted by atomic mass is 10.2. The molecule has 0 aliphatic heterocycles. The third kappa shape index (κ3) is 2.63. The zero-order chi connectivity index (χ0) is 14.8. The van der Waals surface area contributed by atoms with Crippen LogP contribution < -0.4 is 4.74 Å². The Balaban J connectivity index is 1.76. The number of halogens is 2. The molecular weight excluding hydrogens is 278 g/mol. The van der Waals surface area contributed by atoms with E-state index < -0.39 is 24.0 Å². The predicted molar refractivity (Wildman–Crippen MR) is 72.4 cm³/mol. The van der Waals surface area contributed by atoms with Gasteiger partial charge in [-0.05, 0) is 24.3 Å². The minimum absolute atomic E-state index is 0.119. The van der Waals surface area contributed by atoms with E-state index in [4.69, 9.17) is 9.15 Å². The molecule has 0 amide bonds. The van der Waals surface area contributed by atoms with Crippen LogP contribution in [0.15, 0.2) is 52.9 Å². The van der Waals surface area contributed by atoms with Crippen molar-refractivity contribution >= 4 is 16.8 Å². The van der Waals surface area contributed by atoms with Crippen LogP contribution in [0.1, 0.15) is 10.6 Å². The lowest BCUT2D eigenvalue weighted by Gasteiger charge is -2.05. The molecule has 0 radical (unpaired) electrons. The van der Waals surface area contributed by atoms with Crippen LogP contribution in [0.25, 0.3) is 11.0 Å². The van der Waals surface area contributed by atoms with Gasteiger partial charge < -0.3 is 9.15 Å². The topological polar surface area (TPSA) is 39.4 Å². The van der Waals surface area contributed by atoms with E-state index >= 15 is 0 Å². The number of hydrogen-bond acceptors (Lipinski definition) is 3. The first-order valence-corrected chi connectivity index (χ1v) is 6.24. The van der Waals surface area contributed by atoms with E-state index in [1.54, 1.807) is 18.2 Å². The third-order valence-corrected chi connectivity index (χ3v) is 2.98. The standard InChI is InChI=1S/C16H10F2O3/c17-11-5-3-7-14(16(11)18)20-9-12(19)15-8-10-4-1-2-6-13(10)21-15/h1-8H,9H2. The van der Waals surface area contributed by atoms with Crippen molar-refractivity contribution in [2.75, 3.05) is 6.61 Å². The van der Waals surface area contributed by atoms with Crippen molar-refractivity contribution < 1.29 is 22.7 Å². The number of Topliss-reactive ketones (excluding diaryl/α,β-unsaturated/α-hetero) is 1. The van der Waals surface area contributed by atoms with Gasteiger partial charge in [0.2, 0.25) is 11.6 Å². The number of ketones is 1. The van der Waals surface area contributed by atoms with Gasteiger partial charge in [0, 0.05) is 5.39 Å². The van der Waals surface area contributed by atoms with Crippen molar-refractivity contribution in [1.29, 1.82) is 0 Å². The summed E-state index contributed by atoms with van der Waals surface area (Å²) in [5, 5.41) is 0.790. The molecule has 0 fully saturated rings. The highest BCUT2D eigenvalue weighted by molar-refractivity contribution is 5.98. The Morgan fingerprint density at radius 3 is 2.71 bits per heavy atom. The predicted octanol–water partition coefficient (Wildman–Crippen LogP) is 3.97. The van der Waals surface area contributed by atoms with Gasteiger partial charge in [0.15, 0.2) is 23.9 Å². The number of carbonyl (C=O) groups excluding carboxylic acids is 1. The van der Waals surface area contributed by atoms with Gasteiger partial charge >= 0.3 is 0 Å². The van der Waals surface area contributed by atoms with Gasteiger partial charge in [0.1, 0.15) is 5.58 Å². The molecule has 0 unspecified atom stereocenters. The van der Waals surface area contributed by atoms with E-state index in [0.29, 0.717) is 5.58 Å². The molecule has 0 saturated carbocycles. The Kier molecular flexibility index (Phi) is 3.39. The van der Waals surface area contributed by atoms with Crippen molar-refractivity contribution in [1.82, 2.24) is 0 Å². The Labute approximate surface area is 118 Å². The van der Waals surface area contributed by atoms with E-state index in [-0.39, 0.29) is 11.5 Å². The second-order valence-corrected chi connectivity index (χ2v) is 4.41. The Morgan fingerprint density at radius 2 is 1.90 bits per heavy atom. The maximum atomic E-state index is 13.4. The van der Waals surface area contributed by atoms with Crippen LogP contribution in [0.3, 0.4) is 0 Å². The lowest BCUT2D eigenvalue weighted by Crippen LogP contribution is -2.11. The van der Waals surface area contributed by atoms with Gasteiger partial charge in [-0.3, -0.25) is 4.79 Å². The smallest absolute Gasteiger partial charge is 0.235 e. The molecule has 3 rings (SSSR count). The quantitative estimate of drug-likeness (QED) is 0.682. The van der Waals surface area contributed by atoms with Gasteiger partial charge in [-0.1, -0.05) is 24.3 Å². The SMILES string of the molecule is O=C(COc1cccc(F)c1F)c1cc2ccccc2o1. The summed E-state index contributed by atoms with van der Waals surface area (Å²) < 4.78 is 36.8. The minimum Gasteiger partial charge on any atom is -0.482 e. The number of carbonyl (C=O) groups is 1. The largest absolute Gasteiger partial charge is 0.482 e. The van der Waals surface area contributed by atoms with Crippen LogP contribution >= 0.6 is 0 Å². The minimum atomic E-state index is -1.12. The van der Waals surface area contributed by atoms with Crippen LogP contribution in [0, 0.1) is 11.6 Å². The summed E-state index contributed by atoms with van der Waals surface area (Å²) in [6.45, 7) is -0.430. The number of ether oxygens (including phenoxy) is 1. The van der Waals surface area contributed by atoms with Crippen molar-refractivity contribution in [3.8, 4) is 5.75 Å². The van der Waals surface area contributed by atoms with E-state index in [1.165, 1.54) is 12.1 Å². The van der Waals surface area contributed by atoms with Crippen LogP contribution in [0.5, 0.6) is 5.75 Å². The molecule has 0 bridgehead atoms. The Morgan fingerprint density at radius 1 is 1.10 bits per heavy atom. The summed E-state index contributed by atoms with van der Waals surface area (Å²) in [4.78, 5) is 11.9. The second-order valence-electron chi connectivity index (χ2n) is 4.41. The molecule has 2 aromatic carbocycles. The van der Waals surface area contributed by atoms with Crippen LogP contribution in [0.4, 0.5) is 8.78 Å². The summed E-state index contributed by atoms with van der Waals surface area (Å²) in [5.74, 6) is -2.78. The average Bonchev–Trinajstić information content (AvgIpc) is 2.92. The number of rotatable bonds is 4. The highest BCUT2D eigenvalue weighted by Crippen LogP contribution is 2.21. The molecule has 0 spiro atoms. The zero-order valence-corrected chi connectivity index (χ0v) is 10.8. The average molecular weight is 288 g/mol. The zero-order valence-electron chi connectivity index (χ0n) is 10.8. The number of furan rings is 1. The maximum Gasteiger partial charge on any atom is 0.235 e. The van der Waals surface area contributed by atoms with Crippen LogP contribution in [-0.2, 0) is 0 Å². The molecule has 0 saturated heterocycles. The first kappa shape index (κ1) is 13.3. The van der Waals surface area contributed by atoms with Gasteiger partial charge in [-0.25, -0.2) is 4.39 Å². The molecule has 3 nitrogen and oxygen atoms in total. The van der Waals surface area contributed by atoms with Crippen LogP contribution in [0.2, 0.25) is 0 Å². The fourth-order valence-corrected chi connectivity index (χ4v) is 1.93. The third-order valence-electron chi connectivity index (χ3n) is 2.98. The molecule has 21 heavy (non-hydrogen) atoms. The lowest BCUT2D eigenvalue weighted by molar-refractivity contribution is 0.0892. The van der Waals surface area contributed by atoms with E-state index in [9.17, 15) is 13.6 Å². The van der Waals surface area contributed by atoms with E-state index in [2.05, 4.69) is 0 Å². The first-order chi connectivity index (χ1) is 10.1. The van der Waals surface area contributed by atoms with Gasteiger partial charge in [-0.2, -0.15) is 4.39 Å². The summed E-state index contributed by atoms with van der Waals surface area (Å²) in [6.07, 6.45) is 0. The highest BCUT2D eigenvalue weighted by Gasteiger charge is 2.15. The molecule has 5 heteroatoms. The van der Waals surface area contributed by atoms with Crippen LogP contribution in [-0.4, -0.2) is 12.4 Å². The summed E-state index contributed by atoms with van der Waals surface area (Å²) in [5.41, 5.74) is 0.581. The molecule has 1 heterocycles. The summed E-state index contributed by atoms with van der Waals surface area (Å²) in [7, 11) is 0. The fourth-order valence-electron chi connectivity index (χ4n) is 1.93. The van der Waals surface area contributed by atoms with E-state index in [0.717, 1.165) is 11.5 Å². The Hall–Kier alpha value is -2.69. The second kappa shape index (κ2) is 5.36. The molecule has 0 N–H and O–H groups in total. The Bertz CT molecular complexity index is 775. The van der Waals surface area contributed by atoms with E-state index in [1.807, 2.05) is 12.1 Å². The summed E-state index contributed by atoms with van der Waals surface area (Å²) in [6, 6.07) is 12.3. The van der Waals surface area contributed by atoms with Crippen molar-refractivity contribution in [3.63, 3.8) is 0 Å².